The molecule has 25 nitrogen and oxygen atoms in total. The summed E-state index contributed by atoms with van der Waals surface area (Å²) in [5, 5.41) is 54.7. The van der Waals surface area contributed by atoms with Crippen LogP contribution in [0, 0.1) is 43.9 Å². The number of aliphatic hydroxyl groups is 3. The lowest BCUT2D eigenvalue weighted by molar-refractivity contribution is 0.00578. The molecule has 129 heavy (non-hydrogen) atoms. The molecule has 3 aliphatic carbocycles. The van der Waals surface area contributed by atoms with Crippen LogP contribution in [0.5, 0.6) is 0 Å². The standard InChI is InChI=1S/C32H31FN4O4.C20H18ClFN2O3.C18H25BN2O3.C16H23BFNO4.C10H7ClINO/c1-37(10-11-38)32(39)21-4-6-24(26(33)15-21)29-16-28-31(41-29)30(25(18-35-28)19-2-3-19)20-5-7-27(22(14-20)17-34)36-23-8-12-40-13-9-23;1-24(6-7-25)20(26)12-4-5-13(15(22)8-12)17-9-16-19(27-17)18(21)14(10-23-16)11-2-3-11;1-17(2)18(3,4)24-19(23-17)14-5-6-16(13(11-14)12-20)21-15-7-9-22-10-8-15;1-15(2)16(3,4)23-17(22-15)12-7-6-11(10-13(12)18)14(21)19(5)8-9-20;11-9-6(5-1-2-5)4-13-7-3-8(12)14-10(7)9/h4-7,14-16,18-19,23,36,38H,2-3,8-13H2,1H3;4-5,8-11,25H,2-3,6-7H2,1H3;5-6,11,15,21H,7-10H2,1-4H3;6-7,10,20H,8-9H2,1-5H3;3-5H,1-2H2. The van der Waals surface area contributed by atoms with Crippen molar-refractivity contribution in [2.24, 2.45) is 0 Å². The van der Waals surface area contributed by atoms with E-state index in [4.69, 9.17) is 79.9 Å². The molecule has 5 aromatic carbocycles. The summed E-state index contributed by atoms with van der Waals surface area (Å²) >= 11 is 14.8. The largest absolute Gasteiger partial charge is 0.497 e. The first-order valence-corrected chi connectivity index (χ1v) is 45.2. The van der Waals surface area contributed by atoms with E-state index in [2.05, 4.69) is 60.3 Å². The van der Waals surface area contributed by atoms with Crippen LogP contribution in [0.2, 0.25) is 10.0 Å². The lowest BCUT2D eigenvalue weighted by Gasteiger charge is -2.32. The van der Waals surface area contributed by atoms with Crippen molar-refractivity contribution in [2.45, 2.75) is 172 Å². The Kier molecular flexibility index (Phi) is 29.8. The van der Waals surface area contributed by atoms with E-state index in [1.807, 2.05) is 110 Å². The average molecular weight is 1910 g/mol. The molecule has 33 heteroatoms. The molecule has 6 aromatic heterocycles. The number of nitrogens with zero attached hydrogens (tertiary/aromatic N) is 8. The van der Waals surface area contributed by atoms with Crippen LogP contribution in [0.25, 0.3) is 67.1 Å². The van der Waals surface area contributed by atoms with Crippen LogP contribution >= 0.6 is 45.8 Å². The minimum Gasteiger partial charge on any atom is -0.454 e. The van der Waals surface area contributed by atoms with Crippen molar-refractivity contribution in [1.82, 2.24) is 29.7 Å². The Morgan fingerprint density at radius 2 is 0.860 bits per heavy atom. The molecule has 3 amide bonds. The topological polar surface area (TPSA) is 327 Å². The van der Waals surface area contributed by atoms with Gasteiger partial charge in [0.2, 0.25) is 0 Å². The van der Waals surface area contributed by atoms with Gasteiger partial charge in [0.05, 0.1) is 85.9 Å². The molecule has 10 heterocycles. The summed E-state index contributed by atoms with van der Waals surface area (Å²) in [5.41, 5.74) is 11.8. The number of carbonyl (C=O) groups excluding carboxylic acids is 3. The zero-order valence-electron chi connectivity index (χ0n) is 73.9. The van der Waals surface area contributed by atoms with Crippen LogP contribution in [-0.2, 0) is 28.1 Å². The van der Waals surface area contributed by atoms with Crippen LogP contribution < -0.4 is 21.6 Å². The first-order valence-electron chi connectivity index (χ1n) is 43.3. The van der Waals surface area contributed by atoms with Crippen LogP contribution in [0.1, 0.15) is 196 Å². The van der Waals surface area contributed by atoms with Gasteiger partial charge in [-0.1, -0.05) is 41.4 Å². The third kappa shape index (κ3) is 21.8. The van der Waals surface area contributed by atoms with Gasteiger partial charge in [0.1, 0.15) is 57.7 Å². The molecular formula is C96H104B2Cl2F3IN10O15. The predicted octanol–water partition coefficient (Wildman–Crippen LogP) is 17.5. The number of aromatic nitrogens is 3. The van der Waals surface area contributed by atoms with Gasteiger partial charge in [-0.3, -0.25) is 29.3 Å². The average Bonchev–Trinajstić information content (AvgIpc) is 1.62. The summed E-state index contributed by atoms with van der Waals surface area (Å²) in [6.07, 6.45) is 16.0. The second-order valence-corrected chi connectivity index (χ2v) is 37.2. The number of likely N-dealkylation sites (N-methyl/N-ethyl adjacent to an activating group) is 3. The number of fused-ring (bicyclic) bond motifs is 3. The maximum absolute atomic E-state index is 15.3. The van der Waals surface area contributed by atoms with Gasteiger partial charge >= 0.3 is 14.2 Å². The van der Waals surface area contributed by atoms with Gasteiger partial charge < -0.3 is 82.0 Å². The second-order valence-electron chi connectivity index (χ2n) is 35.4. The number of hydrogen-bond acceptors (Lipinski definition) is 22. The lowest BCUT2D eigenvalue weighted by atomic mass is 9.78. The number of nitrogens with one attached hydrogen (secondary N) is 2. The van der Waals surface area contributed by atoms with Gasteiger partial charge in [-0.05, 0) is 260 Å². The summed E-state index contributed by atoms with van der Waals surface area (Å²) in [6, 6.07) is 34.8. The lowest BCUT2D eigenvalue weighted by Crippen LogP contribution is -2.41. The molecule has 11 aromatic rings. The molecule has 4 saturated heterocycles. The second kappa shape index (κ2) is 40.4. The Labute approximate surface area is 771 Å². The van der Waals surface area contributed by atoms with Crippen molar-refractivity contribution in [3.8, 4) is 45.9 Å². The molecular weight excluding hydrogens is 1810 g/mol. The fourth-order valence-corrected chi connectivity index (χ4v) is 16.6. The number of benzene rings is 5. The van der Waals surface area contributed by atoms with Crippen molar-refractivity contribution in [1.29, 1.82) is 10.5 Å². The number of carbonyl (C=O) groups is 3. The van der Waals surface area contributed by atoms with Gasteiger partial charge in [0, 0.05) is 144 Å². The highest BCUT2D eigenvalue weighted by atomic mass is 127. The molecule has 5 N–H and O–H groups in total. The minimum atomic E-state index is -0.806. The van der Waals surface area contributed by atoms with E-state index in [1.54, 1.807) is 51.6 Å². The molecule has 4 aliphatic heterocycles. The number of amides is 3. The molecule has 676 valence electrons. The summed E-state index contributed by atoms with van der Waals surface area (Å²) in [7, 11) is 3.41. The van der Waals surface area contributed by atoms with E-state index < -0.39 is 42.9 Å². The van der Waals surface area contributed by atoms with Crippen molar-refractivity contribution in [3.63, 3.8) is 0 Å². The predicted molar refractivity (Wildman–Crippen MR) is 498 cm³/mol. The minimum absolute atomic E-state index is 0.142. The SMILES string of the molecule is CC1(C)OB(c2ccc(NC3CCOCC3)c(C#N)c2)OC1(C)C.CN(CCO)C(=O)c1ccc(-c2cc3ncc(C4CC4)c(-c4ccc(NC5CCOCC5)c(C#N)c4)c3o2)c(F)c1.CN(CCO)C(=O)c1ccc(-c2cc3ncc(C4CC4)c(Cl)c3o2)c(F)c1.CN(CCO)C(=O)c1ccc(B2OC(C)(C)C(C)(C)O2)c(F)c1.Clc1c(C2CC2)cnc2cc(I)oc12. The molecule has 0 bridgehead atoms. The quantitative estimate of drug-likeness (QED) is 0.0329. The summed E-state index contributed by atoms with van der Waals surface area (Å²) in [5.74, 6) is -0.782. The van der Waals surface area contributed by atoms with Gasteiger partial charge in [0.15, 0.2) is 20.5 Å². The summed E-state index contributed by atoms with van der Waals surface area (Å²) in [4.78, 5) is 54.3. The first-order chi connectivity index (χ1) is 61.6. The number of aliphatic hydroxyl groups excluding tert-OH is 3. The zero-order chi connectivity index (χ0) is 92.1. The van der Waals surface area contributed by atoms with Crippen LogP contribution in [0.4, 0.5) is 24.5 Å². The fraction of sp³-hybridized carbons (Fsp3) is 0.417. The third-order valence-corrected chi connectivity index (χ3v) is 26.3. The van der Waals surface area contributed by atoms with Crippen LogP contribution in [0.15, 0.2) is 141 Å². The number of ether oxygens (including phenoxy) is 2. The zero-order valence-corrected chi connectivity index (χ0v) is 77.6. The maximum atomic E-state index is 15.3. The Morgan fingerprint density at radius 3 is 1.29 bits per heavy atom. The summed E-state index contributed by atoms with van der Waals surface area (Å²) < 4.78 is 97.5. The summed E-state index contributed by atoms with van der Waals surface area (Å²) in [6.45, 7) is 18.7. The normalized spacial score (nSPS) is 17.3. The van der Waals surface area contributed by atoms with E-state index in [1.165, 1.54) is 70.0 Å². The molecule has 7 aliphatic rings. The molecule has 3 saturated carbocycles. The van der Waals surface area contributed by atoms with Crippen molar-refractivity contribution in [3.05, 3.63) is 204 Å². The molecule has 0 unspecified atom stereocenters. The molecule has 0 radical (unpaired) electrons. The Balaban J connectivity index is 0.000000135. The number of pyridine rings is 3. The number of halogens is 6. The molecule has 18 rings (SSSR count). The number of furan rings is 3. The number of rotatable bonds is 21. The molecule has 7 fully saturated rings. The molecule has 0 spiro atoms. The van der Waals surface area contributed by atoms with E-state index in [0.29, 0.717) is 86.9 Å². The van der Waals surface area contributed by atoms with E-state index in [-0.39, 0.29) is 108 Å². The first kappa shape index (κ1) is 95.1. The van der Waals surface area contributed by atoms with Crippen LogP contribution in [-0.4, -0.2) is 198 Å². The highest BCUT2D eigenvalue weighted by Crippen LogP contribution is 2.50. The van der Waals surface area contributed by atoms with Gasteiger partial charge in [0.25, 0.3) is 17.7 Å². The van der Waals surface area contributed by atoms with E-state index in [9.17, 15) is 33.7 Å². The van der Waals surface area contributed by atoms with E-state index >= 15 is 4.39 Å². The maximum Gasteiger partial charge on any atom is 0.497 e. The Bertz CT molecular complexity index is 6030. The van der Waals surface area contributed by atoms with Crippen molar-refractivity contribution < 1.29 is 84.2 Å². The molecule has 0 atom stereocenters. The Morgan fingerprint density at radius 1 is 0.481 bits per heavy atom. The Hall–Kier alpha value is -9.97. The fourth-order valence-electron chi connectivity index (χ4n) is 15.4. The number of nitriles is 2. The van der Waals surface area contributed by atoms with Crippen LogP contribution in [0.3, 0.4) is 0 Å². The van der Waals surface area contributed by atoms with Gasteiger partial charge in [-0.15, -0.1) is 0 Å². The van der Waals surface area contributed by atoms with Crippen molar-refractivity contribution >= 4 is 133 Å². The highest BCUT2D eigenvalue weighted by molar-refractivity contribution is 14.1. The third-order valence-electron chi connectivity index (χ3n) is 25.0. The van der Waals surface area contributed by atoms with Crippen molar-refractivity contribution in [2.75, 3.05) is 97.7 Å². The monoisotopic (exact) mass is 1910 g/mol. The number of hydrogen-bond donors (Lipinski definition) is 5. The van der Waals surface area contributed by atoms with E-state index in [0.717, 1.165) is 129 Å². The van der Waals surface area contributed by atoms with Gasteiger partial charge in [-0.2, -0.15) is 10.5 Å². The number of anilines is 2. The highest BCUT2D eigenvalue weighted by Gasteiger charge is 2.54. The smallest absolute Gasteiger partial charge is 0.454 e. The van der Waals surface area contributed by atoms with Gasteiger partial charge in [-0.25, -0.2) is 13.2 Å².